The molecule has 3 N–H and O–H groups in total. The quantitative estimate of drug-likeness (QED) is 0.543. The molecule has 0 unspecified atom stereocenters. The Morgan fingerprint density at radius 3 is 3.03 bits per heavy atom. The summed E-state index contributed by atoms with van der Waals surface area (Å²) in [5.74, 6) is 0.527. The summed E-state index contributed by atoms with van der Waals surface area (Å²) in [5.41, 5.74) is 9.42. The van der Waals surface area contributed by atoms with E-state index in [0.29, 0.717) is 49.4 Å². The van der Waals surface area contributed by atoms with Crippen LogP contribution in [-0.2, 0) is 16.0 Å². The molecule has 0 aliphatic carbocycles. The predicted molar refractivity (Wildman–Crippen MR) is 114 cm³/mol. The number of nitrogen functional groups attached to an aromatic ring is 1. The number of aromatic nitrogens is 4. The summed E-state index contributed by atoms with van der Waals surface area (Å²) in [7, 11) is 0. The third-order valence-electron chi connectivity index (χ3n) is 5.58. The summed E-state index contributed by atoms with van der Waals surface area (Å²) in [6.45, 7) is 1.55. The Labute approximate surface area is 173 Å². The van der Waals surface area contributed by atoms with Crippen LogP contribution in [0.25, 0.3) is 21.9 Å². The van der Waals surface area contributed by atoms with Crippen LogP contribution in [0.1, 0.15) is 23.8 Å². The maximum Gasteiger partial charge on any atom is 0.223 e. The van der Waals surface area contributed by atoms with Crippen molar-refractivity contribution in [1.82, 2.24) is 24.8 Å². The zero-order valence-corrected chi connectivity index (χ0v) is 16.4. The molecular formula is C22H22N6O2. The molecule has 1 amide bonds. The molecule has 30 heavy (non-hydrogen) atoms. The van der Waals surface area contributed by atoms with Gasteiger partial charge in [-0.05, 0) is 30.2 Å². The van der Waals surface area contributed by atoms with Crippen LogP contribution in [0.3, 0.4) is 0 Å². The van der Waals surface area contributed by atoms with E-state index >= 15 is 0 Å². The SMILES string of the molecule is Nc1ncnc2nc([C@H]3CN(C(=O)CCc4c[nH]c5ccccc45)CCO3)ccc12. The first-order chi connectivity index (χ1) is 14.7. The van der Waals surface area contributed by atoms with Crippen LogP contribution in [0.5, 0.6) is 0 Å². The van der Waals surface area contributed by atoms with Gasteiger partial charge in [0, 0.05) is 30.1 Å². The summed E-state index contributed by atoms with van der Waals surface area (Å²) in [4.78, 5) is 30.8. The van der Waals surface area contributed by atoms with Crippen molar-refractivity contribution < 1.29 is 9.53 Å². The number of nitrogens with one attached hydrogen (secondary N) is 1. The smallest absolute Gasteiger partial charge is 0.223 e. The molecule has 8 heteroatoms. The number of hydrogen-bond donors (Lipinski definition) is 2. The molecule has 0 bridgehead atoms. The number of nitrogens with two attached hydrogens (primary N) is 1. The minimum Gasteiger partial charge on any atom is -0.383 e. The number of anilines is 1. The molecule has 152 valence electrons. The Morgan fingerprint density at radius 2 is 2.10 bits per heavy atom. The lowest BCUT2D eigenvalue weighted by Gasteiger charge is -2.32. The van der Waals surface area contributed by atoms with Crippen LogP contribution >= 0.6 is 0 Å². The van der Waals surface area contributed by atoms with Crippen LogP contribution in [0.4, 0.5) is 5.82 Å². The van der Waals surface area contributed by atoms with Crippen molar-refractivity contribution in [2.45, 2.75) is 18.9 Å². The monoisotopic (exact) mass is 402 g/mol. The van der Waals surface area contributed by atoms with Crippen molar-refractivity contribution in [2.75, 3.05) is 25.4 Å². The molecule has 1 saturated heterocycles. The zero-order chi connectivity index (χ0) is 20.5. The maximum absolute atomic E-state index is 12.9. The lowest BCUT2D eigenvalue weighted by molar-refractivity contribution is -0.139. The van der Waals surface area contributed by atoms with E-state index in [9.17, 15) is 4.79 Å². The van der Waals surface area contributed by atoms with Gasteiger partial charge in [-0.25, -0.2) is 15.0 Å². The lowest BCUT2D eigenvalue weighted by atomic mass is 10.1. The average molecular weight is 402 g/mol. The number of H-pyrrole nitrogens is 1. The van der Waals surface area contributed by atoms with E-state index in [1.807, 2.05) is 41.4 Å². The van der Waals surface area contributed by atoms with Gasteiger partial charge >= 0.3 is 0 Å². The number of rotatable bonds is 4. The van der Waals surface area contributed by atoms with Gasteiger partial charge in [0.25, 0.3) is 0 Å². The number of para-hydroxylation sites is 1. The molecule has 1 fully saturated rings. The van der Waals surface area contributed by atoms with E-state index in [1.165, 1.54) is 11.7 Å². The largest absolute Gasteiger partial charge is 0.383 e. The Hall–Kier alpha value is -3.52. The van der Waals surface area contributed by atoms with Crippen molar-refractivity contribution in [3.63, 3.8) is 0 Å². The van der Waals surface area contributed by atoms with Crippen LogP contribution in [0, 0.1) is 0 Å². The first-order valence-corrected chi connectivity index (χ1v) is 10.0. The number of pyridine rings is 1. The fourth-order valence-corrected chi connectivity index (χ4v) is 3.95. The second-order valence-electron chi connectivity index (χ2n) is 7.42. The number of benzene rings is 1. The first kappa shape index (κ1) is 18.5. The Bertz CT molecular complexity index is 1220. The lowest BCUT2D eigenvalue weighted by Crippen LogP contribution is -2.42. The highest BCUT2D eigenvalue weighted by Crippen LogP contribution is 2.25. The van der Waals surface area contributed by atoms with E-state index in [4.69, 9.17) is 10.5 Å². The number of hydrogen-bond acceptors (Lipinski definition) is 6. The van der Waals surface area contributed by atoms with Gasteiger partial charge < -0.3 is 20.4 Å². The van der Waals surface area contributed by atoms with Gasteiger partial charge in [0.2, 0.25) is 5.91 Å². The van der Waals surface area contributed by atoms with E-state index in [1.54, 1.807) is 0 Å². The fourth-order valence-electron chi connectivity index (χ4n) is 3.95. The number of carbonyl (C=O) groups excluding carboxylic acids is 1. The number of fused-ring (bicyclic) bond motifs is 2. The zero-order valence-electron chi connectivity index (χ0n) is 16.4. The molecule has 4 heterocycles. The average Bonchev–Trinajstić information content (AvgIpc) is 3.21. The molecule has 1 aliphatic heterocycles. The standard InChI is InChI=1S/C22H22N6O2/c23-21-16-6-7-18(27-22(16)26-13-25-21)19-12-28(9-10-30-19)20(29)8-5-14-11-24-17-4-2-1-3-15(14)17/h1-4,6-7,11,13,19,24H,5,8-10,12H2,(H2,23,25,26,27)/t19-/m1/s1. The van der Waals surface area contributed by atoms with Crippen molar-refractivity contribution in [2.24, 2.45) is 0 Å². The molecule has 1 atom stereocenters. The van der Waals surface area contributed by atoms with Gasteiger partial charge in [-0.2, -0.15) is 0 Å². The topological polar surface area (TPSA) is 110 Å². The van der Waals surface area contributed by atoms with Gasteiger partial charge in [0.05, 0.1) is 24.2 Å². The van der Waals surface area contributed by atoms with Crippen molar-refractivity contribution in [3.05, 3.63) is 60.2 Å². The number of carbonyl (C=O) groups is 1. The third kappa shape index (κ3) is 3.46. The molecule has 8 nitrogen and oxygen atoms in total. The molecule has 4 aromatic rings. The molecule has 3 aromatic heterocycles. The second-order valence-corrected chi connectivity index (χ2v) is 7.42. The molecular weight excluding hydrogens is 380 g/mol. The fraction of sp³-hybridized carbons (Fsp3) is 0.273. The van der Waals surface area contributed by atoms with Crippen LogP contribution in [0.15, 0.2) is 48.9 Å². The van der Waals surface area contributed by atoms with Gasteiger partial charge in [-0.3, -0.25) is 4.79 Å². The molecule has 1 aliphatic rings. The summed E-state index contributed by atoms with van der Waals surface area (Å²) < 4.78 is 5.90. The molecule has 0 saturated carbocycles. The van der Waals surface area contributed by atoms with Gasteiger partial charge in [-0.15, -0.1) is 0 Å². The van der Waals surface area contributed by atoms with Crippen LogP contribution in [0.2, 0.25) is 0 Å². The number of aromatic amines is 1. The second kappa shape index (κ2) is 7.72. The van der Waals surface area contributed by atoms with Crippen molar-refractivity contribution >= 4 is 33.7 Å². The summed E-state index contributed by atoms with van der Waals surface area (Å²) in [6, 6.07) is 11.9. The van der Waals surface area contributed by atoms with Gasteiger partial charge in [0.1, 0.15) is 18.2 Å². The third-order valence-corrected chi connectivity index (χ3v) is 5.58. The summed E-state index contributed by atoms with van der Waals surface area (Å²) in [5, 5.41) is 1.88. The molecule has 1 aromatic carbocycles. The van der Waals surface area contributed by atoms with E-state index in [2.05, 4.69) is 26.0 Å². The Balaban J connectivity index is 1.27. The number of nitrogens with zero attached hydrogens (tertiary/aromatic N) is 4. The van der Waals surface area contributed by atoms with Gasteiger partial charge in [-0.1, -0.05) is 18.2 Å². The highest BCUT2D eigenvalue weighted by atomic mass is 16.5. The molecule has 0 spiro atoms. The van der Waals surface area contributed by atoms with Crippen LogP contribution in [-0.4, -0.2) is 50.4 Å². The van der Waals surface area contributed by atoms with Crippen molar-refractivity contribution in [3.8, 4) is 0 Å². The Kier molecular flexibility index (Phi) is 4.76. The van der Waals surface area contributed by atoms with Gasteiger partial charge in [0.15, 0.2) is 5.65 Å². The first-order valence-electron chi connectivity index (χ1n) is 10.0. The van der Waals surface area contributed by atoms with E-state index in [0.717, 1.165) is 16.8 Å². The number of amides is 1. The molecule has 0 radical (unpaired) electrons. The molecule has 5 rings (SSSR count). The van der Waals surface area contributed by atoms with Crippen LogP contribution < -0.4 is 5.73 Å². The predicted octanol–water partition coefficient (Wildman–Crippen LogP) is 2.62. The minimum absolute atomic E-state index is 0.126. The maximum atomic E-state index is 12.9. The highest BCUT2D eigenvalue weighted by molar-refractivity contribution is 5.85. The summed E-state index contributed by atoms with van der Waals surface area (Å²) >= 11 is 0. The minimum atomic E-state index is -0.281. The summed E-state index contributed by atoms with van der Waals surface area (Å²) in [6.07, 6.45) is 4.28. The highest BCUT2D eigenvalue weighted by Gasteiger charge is 2.26. The van der Waals surface area contributed by atoms with E-state index in [-0.39, 0.29) is 12.0 Å². The van der Waals surface area contributed by atoms with E-state index < -0.39 is 0 Å². The Morgan fingerprint density at radius 1 is 1.20 bits per heavy atom. The number of morpholine rings is 1. The normalized spacial score (nSPS) is 16.9. The number of ether oxygens (including phenoxy) is 1. The number of aryl methyl sites for hydroxylation is 1. The van der Waals surface area contributed by atoms with Crippen molar-refractivity contribution in [1.29, 1.82) is 0 Å².